The van der Waals surface area contributed by atoms with Crippen LogP contribution in [0, 0.1) is 0 Å². The van der Waals surface area contributed by atoms with Crippen molar-refractivity contribution in [3.63, 3.8) is 0 Å². The minimum absolute atomic E-state index is 0.00163. The van der Waals surface area contributed by atoms with Crippen LogP contribution in [0.15, 0.2) is 12.1 Å². The van der Waals surface area contributed by atoms with Crippen molar-refractivity contribution < 1.29 is 28.2 Å². The maximum absolute atomic E-state index is 12.9. The first-order valence-electron chi connectivity index (χ1n) is 5.74. The molecule has 1 aromatic rings. The van der Waals surface area contributed by atoms with Gasteiger partial charge in [-0.25, -0.2) is 8.78 Å². The van der Waals surface area contributed by atoms with Gasteiger partial charge in [-0.2, -0.15) is 0 Å². The molecule has 0 saturated carbocycles. The van der Waals surface area contributed by atoms with Crippen LogP contribution in [0.5, 0.6) is 11.5 Å². The molecule has 4 nitrogen and oxygen atoms in total. The molecule has 0 unspecified atom stereocenters. The van der Waals surface area contributed by atoms with Gasteiger partial charge in [-0.15, -0.1) is 0 Å². The normalized spacial score (nSPS) is 10.6. The van der Waals surface area contributed by atoms with E-state index in [4.69, 9.17) is 14.6 Å². The Bertz CT molecular complexity index is 447. The molecule has 0 atom stereocenters. The predicted molar refractivity (Wildman–Crippen MR) is 65.1 cm³/mol. The molecule has 19 heavy (non-hydrogen) atoms. The number of hydrogen-bond donors (Lipinski definition) is 1. The van der Waals surface area contributed by atoms with Crippen LogP contribution in [0.1, 0.15) is 30.4 Å². The monoisotopic (exact) mass is 274 g/mol. The Labute approximate surface area is 109 Å². The van der Waals surface area contributed by atoms with Crippen LogP contribution >= 0.6 is 0 Å². The van der Waals surface area contributed by atoms with E-state index in [0.717, 1.165) is 0 Å². The topological polar surface area (TPSA) is 55.8 Å². The van der Waals surface area contributed by atoms with Crippen molar-refractivity contribution in [3.8, 4) is 11.5 Å². The first-order chi connectivity index (χ1) is 8.99. The number of aryl methyl sites for hydroxylation is 1. The SMILES string of the molecule is COc1cc(CCCC(=O)O)cc(C(F)F)c1OC. The third kappa shape index (κ3) is 4.08. The van der Waals surface area contributed by atoms with Gasteiger partial charge in [-0.1, -0.05) is 0 Å². The summed E-state index contributed by atoms with van der Waals surface area (Å²) in [6.45, 7) is 0. The summed E-state index contributed by atoms with van der Waals surface area (Å²) >= 11 is 0. The van der Waals surface area contributed by atoms with Crippen LogP contribution in [-0.4, -0.2) is 25.3 Å². The van der Waals surface area contributed by atoms with Crippen LogP contribution in [0.3, 0.4) is 0 Å². The average molecular weight is 274 g/mol. The third-order valence-electron chi connectivity index (χ3n) is 2.66. The number of methoxy groups -OCH3 is 2. The third-order valence-corrected chi connectivity index (χ3v) is 2.66. The number of carbonyl (C=O) groups is 1. The van der Waals surface area contributed by atoms with E-state index in [1.807, 2.05) is 0 Å². The molecule has 6 heteroatoms. The van der Waals surface area contributed by atoms with Crippen molar-refractivity contribution in [3.05, 3.63) is 23.3 Å². The molecule has 0 bridgehead atoms. The van der Waals surface area contributed by atoms with Crippen molar-refractivity contribution in [2.24, 2.45) is 0 Å². The van der Waals surface area contributed by atoms with E-state index >= 15 is 0 Å². The second kappa shape index (κ2) is 6.92. The van der Waals surface area contributed by atoms with Gasteiger partial charge in [0.25, 0.3) is 6.43 Å². The standard InChI is InChI=1S/C13H16F2O4/c1-18-10-7-8(4-3-5-11(16)17)6-9(13(14)15)12(10)19-2/h6-7,13H,3-5H2,1-2H3,(H,16,17). The molecule has 0 radical (unpaired) electrons. The van der Waals surface area contributed by atoms with Crippen molar-refractivity contribution >= 4 is 5.97 Å². The molecular formula is C13H16F2O4. The van der Waals surface area contributed by atoms with E-state index in [0.29, 0.717) is 18.4 Å². The van der Waals surface area contributed by atoms with Gasteiger partial charge in [0.1, 0.15) is 0 Å². The summed E-state index contributed by atoms with van der Waals surface area (Å²) < 4.78 is 35.8. The Morgan fingerprint density at radius 3 is 2.47 bits per heavy atom. The number of ether oxygens (including phenoxy) is 2. The number of halogens is 2. The molecule has 0 spiro atoms. The highest BCUT2D eigenvalue weighted by molar-refractivity contribution is 5.66. The van der Waals surface area contributed by atoms with E-state index in [1.54, 1.807) is 6.07 Å². The summed E-state index contributed by atoms with van der Waals surface area (Å²) in [6, 6.07) is 2.92. The first-order valence-corrected chi connectivity index (χ1v) is 5.74. The highest BCUT2D eigenvalue weighted by Crippen LogP contribution is 2.38. The summed E-state index contributed by atoms with van der Waals surface area (Å²) in [6.07, 6.45) is -1.90. The van der Waals surface area contributed by atoms with Crippen LogP contribution < -0.4 is 9.47 Å². The maximum Gasteiger partial charge on any atom is 0.303 e. The molecule has 1 aromatic carbocycles. The second-order valence-electron chi connectivity index (χ2n) is 3.97. The molecular weight excluding hydrogens is 258 g/mol. The lowest BCUT2D eigenvalue weighted by Gasteiger charge is -2.14. The van der Waals surface area contributed by atoms with Gasteiger partial charge in [0, 0.05) is 6.42 Å². The Balaban J connectivity index is 3.00. The fraction of sp³-hybridized carbons (Fsp3) is 0.462. The number of hydrogen-bond acceptors (Lipinski definition) is 3. The largest absolute Gasteiger partial charge is 0.493 e. The summed E-state index contributed by atoms with van der Waals surface area (Å²) in [7, 11) is 2.67. The number of benzene rings is 1. The lowest BCUT2D eigenvalue weighted by molar-refractivity contribution is -0.137. The maximum atomic E-state index is 12.9. The zero-order valence-electron chi connectivity index (χ0n) is 10.8. The van der Waals surface area contributed by atoms with Crippen molar-refractivity contribution in [2.45, 2.75) is 25.7 Å². The van der Waals surface area contributed by atoms with Crippen LogP contribution in [0.2, 0.25) is 0 Å². The smallest absolute Gasteiger partial charge is 0.303 e. The number of alkyl halides is 2. The first kappa shape index (κ1) is 15.2. The fourth-order valence-corrected chi connectivity index (χ4v) is 1.80. The number of aliphatic carboxylic acids is 1. The molecule has 0 saturated heterocycles. The van der Waals surface area contributed by atoms with E-state index in [2.05, 4.69) is 0 Å². The van der Waals surface area contributed by atoms with Gasteiger partial charge in [0.05, 0.1) is 19.8 Å². The highest BCUT2D eigenvalue weighted by Gasteiger charge is 2.19. The molecule has 106 valence electrons. The molecule has 0 heterocycles. The number of carboxylic acid groups (broad SMARTS) is 1. The predicted octanol–water partition coefficient (Wildman–Crippen LogP) is 3.05. The number of rotatable bonds is 7. The Hall–Kier alpha value is -1.85. The minimum atomic E-state index is -2.68. The quantitative estimate of drug-likeness (QED) is 0.830. The minimum Gasteiger partial charge on any atom is -0.493 e. The highest BCUT2D eigenvalue weighted by atomic mass is 19.3. The molecule has 1 N–H and O–H groups in total. The summed E-state index contributed by atoms with van der Waals surface area (Å²) in [5.74, 6) is -0.667. The van der Waals surface area contributed by atoms with E-state index in [9.17, 15) is 13.6 Å². The van der Waals surface area contributed by atoms with Gasteiger partial charge in [-0.05, 0) is 30.5 Å². The van der Waals surface area contributed by atoms with Crippen molar-refractivity contribution in [1.29, 1.82) is 0 Å². The van der Waals surface area contributed by atoms with Crippen molar-refractivity contribution in [2.75, 3.05) is 14.2 Å². The van der Waals surface area contributed by atoms with Crippen LogP contribution in [-0.2, 0) is 11.2 Å². The Morgan fingerprint density at radius 2 is 2.00 bits per heavy atom. The Morgan fingerprint density at radius 1 is 1.32 bits per heavy atom. The average Bonchev–Trinajstić information content (AvgIpc) is 2.36. The Kier molecular flexibility index (Phi) is 5.54. The second-order valence-corrected chi connectivity index (χ2v) is 3.97. The van der Waals surface area contributed by atoms with E-state index < -0.39 is 12.4 Å². The van der Waals surface area contributed by atoms with Gasteiger partial charge >= 0.3 is 5.97 Å². The van der Waals surface area contributed by atoms with Crippen molar-refractivity contribution in [1.82, 2.24) is 0 Å². The molecule has 0 aromatic heterocycles. The zero-order chi connectivity index (χ0) is 14.4. The molecule has 0 aliphatic rings. The van der Waals surface area contributed by atoms with Gasteiger partial charge in [0.2, 0.25) is 0 Å². The van der Waals surface area contributed by atoms with E-state index in [-0.39, 0.29) is 23.5 Å². The number of carboxylic acids is 1. The summed E-state index contributed by atoms with van der Waals surface area (Å²) in [4.78, 5) is 10.4. The molecule has 0 aliphatic carbocycles. The summed E-state index contributed by atoms with van der Waals surface area (Å²) in [5, 5.41) is 8.55. The lowest BCUT2D eigenvalue weighted by Crippen LogP contribution is -2.00. The van der Waals surface area contributed by atoms with Gasteiger partial charge in [0.15, 0.2) is 11.5 Å². The molecule has 0 fully saturated rings. The molecule has 0 amide bonds. The van der Waals surface area contributed by atoms with E-state index in [1.165, 1.54) is 20.3 Å². The lowest BCUT2D eigenvalue weighted by atomic mass is 10.0. The van der Waals surface area contributed by atoms with Crippen LogP contribution in [0.25, 0.3) is 0 Å². The zero-order valence-corrected chi connectivity index (χ0v) is 10.8. The fourth-order valence-electron chi connectivity index (χ4n) is 1.80. The summed E-state index contributed by atoms with van der Waals surface area (Å²) in [5.41, 5.74) is 0.362. The van der Waals surface area contributed by atoms with Gasteiger partial charge in [-0.3, -0.25) is 4.79 Å². The molecule has 1 rings (SSSR count). The van der Waals surface area contributed by atoms with Gasteiger partial charge < -0.3 is 14.6 Å². The molecule has 0 aliphatic heterocycles. The van der Waals surface area contributed by atoms with Crippen LogP contribution in [0.4, 0.5) is 8.78 Å².